The molecule has 0 spiro atoms. The van der Waals surface area contributed by atoms with E-state index in [-0.39, 0.29) is 24.0 Å². The highest BCUT2D eigenvalue weighted by molar-refractivity contribution is 14.0. The van der Waals surface area contributed by atoms with Gasteiger partial charge in [0.25, 0.3) is 0 Å². The molecule has 0 radical (unpaired) electrons. The van der Waals surface area contributed by atoms with Crippen LogP contribution in [0.1, 0.15) is 26.2 Å². The first kappa shape index (κ1) is 18.7. The number of aliphatic imine (C=N–C) groups is 1. The maximum Gasteiger partial charge on any atom is 0.188 e. The van der Waals surface area contributed by atoms with Crippen molar-refractivity contribution in [2.75, 3.05) is 32.9 Å². The molecule has 1 aliphatic heterocycles. The molecule has 3 N–H and O–H groups in total. The van der Waals surface area contributed by atoms with Crippen LogP contribution in [-0.2, 0) is 9.47 Å². The van der Waals surface area contributed by atoms with Crippen LogP contribution in [-0.4, -0.2) is 45.0 Å². The van der Waals surface area contributed by atoms with Crippen LogP contribution >= 0.6 is 24.0 Å². The Labute approximate surface area is 133 Å². The molecule has 1 unspecified atom stereocenters. The first-order chi connectivity index (χ1) is 8.68. The van der Waals surface area contributed by atoms with E-state index in [2.05, 4.69) is 16.9 Å². The lowest BCUT2D eigenvalue weighted by molar-refractivity contribution is 0.0168. The Bertz CT molecular complexity index is 279. The van der Waals surface area contributed by atoms with Gasteiger partial charge in [0.05, 0.1) is 19.3 Å². The van der Waals surface area contributed by atoms with Crippen molar-refractivity contribution in [2.45, 2.75) is 32.3 Å². The number of hydrogen-bond donors (Lipinski definition) is 2. The number of halogens is 1. The fourth-order valence-corrected chi connectivity index (χ4v) is 1.66. The third-order valence-corrected chi connectivity index (χ3v) is 2.62. The van der Waals surface area contributed by atoms with E-state index in [1.165, 1.54) is 0 Å². The van der Waals surface area contributed by atoms with E-state index < -0.39 is 0 Å². The van der Waals surface area contributed by atoms with Gasteiger partial charge >= 0.3 is 0 Å². The van der Waals surface area contributed by atoms with Gasteiger partial charge in [0.2, 0.25) is 0 Å². The summed E-state index contributed by atoms with van der Waals surface area (Å²) in [6, 6.07) is 0. The maximum absolute atomic E-state index is 5.67. The smallest absolute Gasteiger partial charge is 0.188 e. The summed E-state index contributed by atoms with van der Waals surface area (Å²) in [6.07, 6.45) is 3.50. The Kier molecular flexibility index (Phi) is 11.3. The molecule has 1 atom stereocenters. The number of rotatable bonds is 8. The highest BCUT2D eigenvalue weighted by atomic mass is 127. The number of ether oxygens (including phenoxy) is 2. The number of nitrogens with zero attached hydrogens (tertiary/aromatic N) is 1. The molecule has 0 aromatic carbocycles. The fraction of sp³-hybridized carbons (Fsp3) is 0.769. The lowest BCUT2D eigenvalue weighted by Crippen LogP contribution is -2.33. The minimum Gasteiger partial charge on any atom is -0.379 e. The Morgan fingerprint density at radius 2 is 2.37 bits per heavy atom. The zero-order valence-corrected chi connectivity index (χ0v) is 14.0. The lowest BCUT2D eigenvalue weighted by atomic mass is 10.2. The second-order valence-electron chi connectivity index (χ2n) is 4.65. The van der Waals surface area contributed by atoms with Crippen LogP contribution in [0.25, 0.3) is 0 Å². The molecule has 0 amide bonds. The molecular formula is C13H26IN3O2. The Hall–Kier alpha value is -0.340. The number of nitrogens with two attached hydrogens (primary N) is 1. The van der Waals surface area contributed by atoms with E-state index >= 15 is 0 Å². The molecule has 0 aromatic heterocycles. The zero-order chi connectivity index (χ0) is 13.2. The summed E-state index contributed by atoms with van der Waals surface area (Å²) in [4.78, 5) is 4.13. The summed E-state index contributed by atoms with van der Waals surface area (Å²) in [5.41, 5.74) is 6.67. The summed E-state index contributed by atoms with van der Waals surface area (Å²) in [7, 11) is 0. The first-order valence-electron chi connectivity index (χ1n) is 6.56. The quantitative estimate of drug-likeness (QED) is 0.220. The van der Waals surface area contributed by atoms with Gasteiger partial charge < -0.3 is 20.5 Å². The molecule has 0 saturated carbocycles. The highest BCUT2D eigenvalue weighted by Crippen LogP contribution is 2.11. The van der Waals surface area contributed by atoms with Gasteiger partial charge in [0.15, 0.2) is 5.96 Å². The minimum atomic E-state index is 0. The van der Waals surface area contributed by atoms with Crippen molar-refractivity contribution in [1.29, 1.82) is 0 Å². The number of guanidine groups is 1. The van der Waals surface area contributed by atoms with E-state index in [1.54, 1.807) is 0 Å². The lowest BCUT2D eigenvalue weighted by Gasteiger charge is -2.10. The van der Waals surface area contributed by atoms with E-state index in [1.807, 2.05) is 6.92 Å². The summed E-state index contributed by atoms with van der Waals surface area (Å²) < 4.78 is 11.0. The monoisotopic (exact) mass is 383 g/mol. The van der Waals surface area contributed by atoms with Gasteiger partial charge in [-0.1, -0.05) is 12.2 Å². The molecule has 0 aliphatic carbocycles. The molecule has 1 heterocycles. The molecule has 1 fully saturated rings. The highest BCUT2D eigenvalue weighted by Gasteiger charge is 2.14. The Morgan fingerprint density at radius 1 is 1.58 bits per heavy atom. The second kappa shape index (κ2) is 11.5. The molecule has 1 saturated heterocycles. The van der Waals surface area contributed by atoms with E-state index in [0.29, 0.717) is 25.2 Å². The van der Waals surface area contributed by atoms with Crippen LogP contribution in [0.5, 0.6) is 0 Å². The van der Waals surface area contributed by atoms with Crippen molar-refractivity contribution in [3.63, 3.8) is 0 Å². The predicted molar refractivity (Wildman–Crippen MR) is 89.1 cm³/mol. The maximum atomic E-state index is 5.67. The van der Waals surface area contributed by atoms with Gasteiger partial charge in [-0.15, -0.1) is 24.0 Å². The molecule has 5 nitrogen and oxygen atoms in total. The van der Waals surface area contributed by atoms with Gasteiger partial charge in [-0.25, -0.2) is 4.99 Å². The van der Waals surface area contributed by atoms with E-state index in [4.69, 9.17) is 15.2 Å². The molecule has 1 aliphatic rings. The number of nitrogens with one attached hydrogen (secondary N) is 1. The van der Waals surface area contributed by atoms with Crippen molar-refractivity contribution >= 4 is 29.9 Å². The van der Waals surface area contributed by atoms with Crippen molar-refractivity contribution in [1.82, 2.24) is 5.32 Å². The van der Waals surface area contributed by atoms with Gasteiger partial charge in [-0.2, -0.15) is 0 Å². The van der Waals surface area contributed by atoms with Crippen LogP contribution in [0.2, 0.25) is 0 Å². The molecule has 112 valence electrons. The van der Waals surface area contributed by atoms with Crippen molar-refractivity contribution in [3.8, 4) is 0 Å². The summed E-state index contributed by atoms with van der Waals surface area (Å²) >= 11 is 0. The summed E-state index contributed by atoms with van der Waals surface area (Å²) in [5.74, 6) is 0.470. The van der Waals surface area contributed by atoms with Gasteiger partial charge in [0, 0.05) is 19.8 Å². The van der Waals surface area contributed by atoms with Crippen LogP contribution < -0.4 is 11.1 Å². The van der Waals surface area contributed by atoms with Crippen molar-refractivity contribution < 1.29 is 9.47 Å². The minimum absolute atomic E-state index is 0. The van der Waals surface area contributed by atoms with E-state index in [9.17, 15) is 0 Å². The number of hydrogen-bond acceptors (Lipinski definition) is 3. The van der Waals surface area contributed by atoms with Crippen molar-refractivity contribution in [3.05, 3.63) is 12.2 Å². The van der Waals surface area contributed by atoms with Crippen LogP contribution in [0.15, 0.2) is 17.1 Å². The fourth-order valence-electron chi connectivity index (χ4n) is 1.66. The topological polar surface area (TPSA) is 68.9 Å². The molecular weight excluding hydrogens is 357 g/mol. The average molecular weight is 383 g/mol. The predicted octanol–water partition coefficient (Wildman–Crippen LogP) is 1.67. The average Bonchev–Trinajstić information content (AvgIpc) is 2.84. The van der Waals surface area contributed by atoms with Gasteiger partial charge in [-0.3, -0.25) is 0 Å². The standard InChI is InChI=1S/C13H25N3O2.HI/c1-11(2)9-16-13(14)15-6-4-7-17-10-12-5-3-8-18-12;/h12H,1,3-10H2,2H3,(H3,14,15,16);1H. The molecule has 19 heavy (non-hydrogen) atoms. The normalized spacial score (nSPS) is 19.0. The van der Waals surface area contributed by atoms with Crippen molar-refractivity contribution in [2.24, 2.45) is 10.7 Å². The van der Waals surface area contributed by atoms with Gasteiger partial charge in [0.1, 0.15) is 0 Å². The SMILES string of the molecule is C=C(C)CN=C(N)NCCCOCC1CCCO1.I. The Balaban J connectivity index is 0.00000324. The van der Waals surface area contributed by atoms with Crippen LogP contribution in [0.4, 0.5) is 0 Å². The summed E-state index contributed by atoms with van der Waals surface area (Å²) in [6.45, 7) is 9.35. The second-order valence-corrected chi connectivity index (χ2v) is 4.65. The molecule has 0 aromatic rings. The van der Waals surface area contributed by atoms with Crippen LogP contribution in [0, 0.1) is 0 Å². The molecule has 1 rings (SSSR count). The Morgan fingerprint density at radius 3 is 3.00 bits per heavy atom. The molecule has 0 bridgehead atoms. The van der Waals surface area contributed by atoms with Crippen LogP contribution in [0.3, 0.4) is 0 Å². The third-order valence-electron chi connectivity index (χ3n) is 2.62. The van der Waals surface area contributed by atoms with E-state index in [0.717, 1.165) is 44.6 Å². The third kappa shape index (κ3) is 10.1. The largest absolute Gasteiger partial charge is 0.379 e. The first-order valence-corrected chi connectivity index (χ1v) is 6.56. The summed E-state index contributed by atoms with van der Waals surface area (Å²) in [5, 5.41) is 3.04. The molecule has 6 heteroatoms. The zero-order valence-electron chi connectivity index (χ0n) is 11.7. The van der Waals surface area contributed by atoms with Gasteiger partial charge in [-0.05, 0) is 26.2 Å².